The Morgan fingerprint density at radius 1 is 0.512 bits per heavy atom. The molecule has 0 saturated carbocycles. The third-order valence-electron chi connectivity index (χ3n) is 8.21. The second-order valence-electron chi connectivity index (χ2n) is 10.7. The Balaban J connectivity index is 1.18. The Hall–Kier alpha value is -5.94. The zero-order valence-electron chi connectivity index (χ0n) is 23.1. The van der Waals surface area contributed by atoms with Crippen molar-refractivity contribution in [3.8, 4) is 28.4 Å². The van der Waals surface area contributed by atoms with Crippen LogP contribution in [0, 0.1) is 0 Å². The summed E-state index contributed by atoms with van der Waals surface area (Å²) in [5, 5.41) is 5.67. The van der Waals surface area contributed by atoms with Gasteiger partial charge in [-0.15, -0.1) is 0 Å². The monoisotopic (exact) mass is 552 g/mol. The van der Waals surface area contributed by atoms with E-state index in [1.807, 2.05) is 48.7 Å². The lowest BCUT2D eigenvalue weighted by Crippen LogP contribution is -1.96. The Morgan fingerprint density at radius 2 is 1.26 bits per heavy atom. The first-order valence-corrected chi connectivity index (χ1v) is 14.3. The summed E-state index contributed by atoms with van der Waals surface area (Å²) in [6, 6.07) is 45.8. The van der Waals surface area contributed by atoms with Crippen molar-refractivity contribution in [1.29, 1.82) is 0 Å². The Morgan fingerprint density at radius 3 is 2.14 bits per heavy atom. The van der Waals surface area contributed by atoms with Crippen LogP contribution in [0.4, 0.5) is 0 Å². The molecule has 0 atom stereocenters. The maximum atomic E-state index is 6.53. The van der Waals surface area contributed by atoms with Gasteiger partial charge in [-0.2, -0.15) is 0 Å². The highest BCUT2D eigenvalue weighted by Crippen LogP contribution is 2.36. The van der Waals surface area contributed by atoms with Crippen molar-refractivity contribution in [3.05, 3.63) is 146 Å². The van der Waals surface area contributed by atoms with Crippen LogP contribution in [-0.4, -0.2) is 18.9 Å². The van der Waals surface area contributed by atoms with Gasteiger partial charge in [-0.25, -0.2) is 9.97 Å². The molecular weight excluding hydrogens is 528 g/mol. The van der Waals surface area contributed by atoms with E-state index in [1.165, 1.54) is 10.8 Å². The number of pyridine rings is 2. The molecule has 0 radical (unpaired) electrons. The Bertz CT molecular complexity index is 2440. The molecule has 9 rings (SSSR count). The number of hydrogen-bond donors (Lipinski definition) is 0. The smallest absolute Gasteiger partial charge is 0.146 e. The predicted octanol–water partition coefficient (Wildman–Crippen LogP) is 9.59. The molecule has 5 nitrogen and oxygen atoms in total. The summed E-state index contributed by atoms with van der Waals surface area (Å²) in [6.07, 6.45) is 3.97. The van der Waals surface area contributed by atoms with Crippen molar-refractivity contribution in [2.24, 2.45) is 0 Å². The molecule has 0 aliphatic rings. The average Bonchev–Trinajstić information content (AvgIpc) is 3.66. The molecule has 43 heavy (non-hydrogen) atoms. The fourth-order valence-corrected chi connectivity index (χ4v) is 6.30. The van der Waals surface area contributed by atoms with Gasteiger partial charge in [-0.3, -0.25) is 8.97 Å². The lowest BCUT2D eigenvalue weighted by molar-refractivity contribution is 0.483. The number of imidazole rings is 1. The van der Waals surface area contributed by atoms with E-state index in [2.05, 4.69) is 106 Å². The molecule has 9 aromatic rings. The topological polar surface area (TPSA) is 44.4 Å². The normalized spacial score (nSPS) is 11.7. The highest BCUT2D eigenvalue weighted by atomic mass is 16.5. The lowest BCUT2D eigenvalue weighted by atomic mass is 10.1. The quantitative estimate of drug-likeness (QED) is 0.204. The Kier molecular flexibility index (Phi) is 5.13. The molecule has 4 aromatic heterocycles. The summed E-state index contributed by atoms with van der Waals surface area (Å²) in [5.74, 6) is 1.51. The molecule has 0 bridgehead atoms. The van der Waals surface area contributed by atoms with E-state index in [0.717, 1.165) is 66.9 Å². The second-order valence-corrected chi connectivity index (χ2v) is 10.7. The number of hydrogen-bond acceptors (Lipinski definition) is 3. The number of fused-ring (bicyclic) bond motifs is 9. The summed E-state index contributed by atoms with van der Waals surface area (Å²) in [5.41, 5.74) is 7.10. The van der Waals surface area contributed by atoms with Crippen molar-refractivity contribution >= 4 is 49.3 Å². The van der Waals surface area contributed by atoms with Crippen molar-refractivity contribution in [2.45, 2.75) is 0 Å². The van der Waals surface area contributed by atoms with Crippen molar-refractivity contribution in [3.63, 3.8) is 0 Å². The standard InChI is InChI=1S/C38H24N4O/c1-2-10-25(11-3-1)34-24-41-35-17-6-4-14-30(35)29-20-19-28(23-33(29)38(41)40-34)43-27-13-8-12-26(22-27)42-36-18-7-5-15-31(36)32-16-9-21-39-37(32)42/h1-24H. The number of rotatable bonds is 4. The molecule has 0 unspecified atom stereocenters. The van der Waals surface area contributed by atoms with E-state index in [-0.39, 0.29) is 0 Å². The van der Waals surface area contributed by atoms with Gasteiger partial charge in [0.15, 0.2) is 0 Å². The fraction of sp³-hybridized carbons (Fsp3) is 0. The van der Waals surface area contributed by atoms with Crippen molar-refractivity contribution < 1.29 is 4.74 Å². The highest BCUT2D eigenvalue weighted by molar-refractivity contribution is 6.12. The maximum Gasteiger partial charge on any atom is 0.146 e. The first kappa shape index (κ1) is 23.7. The Labute approximate surface area is 246 Å². The molecule has 0 N–H and O–H groups in total. The first-order chi connectivity index (χ1) is 21.3. The molecular formula is C38H24N4O. The maximum absolute atomic E-state index is 6.53. The summed E-state index contributed by atoms with van der Waals surface area (Å²) >= 11 is 0. The molecule has 0 spiro atoms. The number of aromatic nitrogens is 4. The van der Waals surface area contributed by atoms with E-state index >= 15 is 0 Å². The SMILES string of the molecule is c1ccc(-c2cn3c4ccccc4c4ccc(Oc5cccc(-n6c7ccccc7c7cccnc76)c5)cc4c3n2)cc1. The minimum absolute atomic E-state index is 0.754. The van der Waals surface area contributed by atoms with Crippen LogP contribution in [-0.2, 0) is 0 Å². The van der Waals surface area contributed by atoms with Crippen molar-refractivity contribution in [2.75, 3.05) is 0 Å². The minimum Gasteiger partial charge on any atom is -0.457 e. The summed E-state index contributed by atoms with van der Waals surface area (Å²) < 4.78 is 10.9. The van der Waals surface area contributed by atoms with Crippen LogP contribution in [0.15, 0.2) is 146 Å². The van der Waals surface area contributed by atoms with Crippen LogP contribution in [0.3, 0.4) is 0 Å². The van der Waals surface area contributed by atoms with Gasteiger partial charge in [0.1, 0.15) is 22.8 Å². The zero-order valence-corrected chi connectivity index (χ0v) is 23.1. The fourth-order valence-electron chi connectivity index (χ4n) is 6.30. The summed E-state index contributed by atoms with van der Waals surface area (Å²) in [6.45, 7) is 0. The van der Waals surface area contributed by atoms with Gasteiger partial charge in [0, 0.05) is 45.6 Å². The molecule has 5 aromatic carbocycles. The van der Waals surface area contributed by atoms with E-state index in [9.17, 15) is 0 Å². The van der Waals surface area contributed by atoms with Crippen molar-refractivity contribution in [1.82, 2.24) is 18.9 Å². The van der Waals surface area contributed by atoms with Gasteiger partial charge >= 0.3 is 0 Å². The third kappa shape index (κ3) is 3.72. The average molecular weight is 553 g/mol. The van der Waals surface area contributed by atoms with Gasteiger partial charge in [-0.1, -0.05) is 72.8 Å². The highest BCUT2D eigenvalue weighted by Gasteiger charge is 2.15. The predicted molar refractivity (Wildman–Crippen MR) is 174 cm³/mol. The number of para-hydroxylation sites is 2. The summed E-state index contributed by atoms with van der Waals surface area (Å²) in [7, 11) is 0. The van der Waals surface area contributed by atoms with Crippen LogP contribution >= 0.6 is 0 Å². The molecule has 0 aliphatic heterocycles. The molecule has 0 fully saturated rings. The zero-order chi connectivity index (χ0) is 28.3. The molecule has 5 heteroatoms. The second kappa shape index (κ2) is 9.29. The van der Waals surface area contributed by atoms with Crippen LogP contribution in [0.1, 0.15) is 0 Å². The molecule has 202 valence electrons. The van der Waals surface area contributed by atoms with Crippen LogP contribution in [0.25, 0.3) is 66.2 Å². The van der Waals surface area contributed by atoms with Crippen LogP contribution in [0.2, 0.25) is 0 Å². The van der Waals surface area contributed by atoms with Gasteiger partial charge in [-0.05, 0) is 60.0 Å². The summed E-state index contributed by atoms with van der Waals surface area (Å²) in [4.78, 5) is 9.85. The number of nitrogens with zero attached hydrogens (tertiary/aromatic N) is 4. The number of ether oxygens (including phenoxy) is 1. The van der Waals surface area contributed by atoms with E-state index in [0.29, 0.717) is 0 Å². The molecule has 0 saturated heterocycles. The van der Waals surface area contributed by atoms with Gasteiger partial charge in [0.05, 0.1) is 22.4 Å². The van der Waals surface area contributed by atoms with E-state index in [4.69, 9.17) is 14.7 Å². The van der Waals surface area contributed by atoms with Gasteiger partial charge < -0.3 is 4.74 Å². The largest absolute Gasteiger partial charge is 0.457 e. The van der Waals surface area contributed by atoms with E-state index in [1.54, 1.807) is 0 Å². The van der Waals surface area contributed by atoms with E-state index < -0.39 is 0 Å². The third-order valence-corrected chi connectivity index (χ3v) is 8.21. The first-order valence-electron chi connectivity index (χ1n) is 14.3. The van der Waals surface area contributed by atoms with Gasteiger partial charge in [0.2, 0.25) is 0 Å². The molecule has 0 amide bonds. The van der Waals surface area contributed by atoms with Crippen LogP contribution in [0.5, 0.6) is 11.5 Å². The van der Waals surface area contributed by atoms with Crippen LogP contribution < -0.4 is 4.74 Å². The lowest BCUT2D eigenvalue weighted by Gasteiger charge is -2.12. The number of benzene rings is 5. The van der Waals surface area contributed by atoms with Gasteiger partial charge in [0.25, 0.3) is 0 Å². The molecule has 4 heterocycles. The molecule has 0 aliphatic carbocycles. The minimum atomic E-state index is 0.754.